The minimum atomic E-state index is 0.120. The van der Waals surface area contributed by atoms with Gasteiger partial charge < -0.3 is 4.90 Å². The van der Waals surface area contributed by atoms with Crippen molar-refractivity contribution >= 4 is 21.7 Å². The number of piperidine rings is 1. The number of ketones is 1. The molecule has 1 aliphatic carbocycles. The maximum Gasteiger partial charge on any atom is 0.146 e. The molecule has 0 amide bonds. The van der Waals surface area contributed by atoms with E-state index in [-0.39, 0.29) is 4.83 Å². The van der Waals surface area contributed by atoms with E-state index < -0.39 is 0 Å². The van der Waals surface area contributed by atoms with Crippen LogP contribution in [0.2, 0.25) is 0 Å². The van der Waals surface area contributed by atoms with Crippen molar-refractivity contribution in [3.05, 3.63) is 0 Å². The molecule has 1 saturated carbocycles. The Bertz CT molecular complexity index is 219. The molecule has 0 radical (unpaired) electrons. The van der Waals surface area contributed by atoms with Gasteiger partial charge in [-0.1, -0.05) is 15.9 Å². The molecule has 2 aliphatic rings. The van der Waals surface area contributed by atoms with Gasteiger partial charge in [0, 0.05) is 12.5 Å². The van der Waals surface area contributed by atoms with Crippen molar-refractivity contribution in [2.75, 3.05) is 13.6 Å². The number of halogens is 1. The predicted molar refractivity (Wildman–Crippen MR) is 56.1 cm³/mol. The van der Waals surface area contributed by atoms with Gasteiger partial charge in [0.25, 0.3) is 0 Å². The molecule has 3 atom stereocenters. The predicted octanol–water partition coefficient (Wildman–Crippen LogP) is 1.82. The van der Waals surface area contributed by atoms with E-state index in [1.807, 2.05) is 0 Å². The smallest absolute Gasteiger partial charge is 0.146 e. The summed E-state index contributed by atoms with van der Waals surface area (Å²) in [5.41, 5.74) is 0. The molecule has 2 nitrogen and oxygen atoms in total. The van der Waals surface area contributed by atoms with Gasteiger partial charge in [0.05, 0.1) is 4.83 Å². The zero-order valence-electron chi connectivity index (χ0n) is 8.00. The molecule has 0 N–H and O–H groups in total. The number of fused-ring (bicyclic) bond motifs is 1. The van der Waals surface area contributed by atoms with Crippen molar-refractivity contribution in [2.45, 2.75) is 36.6 Å². The van der Waals surface area contributed by atoms with Crippen LogP contribution in [0, 0.1) is 5.92 Å². The number of rotatable bonds is 0. The second-order valence-corrected chi connectivity index (χ2v) is 5.43. The zero-order chi connectivity index (χ0) is 9.42. The number of hydrogen-bond donors (Lipinski definition) is 0. The second-order valence-electron chi connectivity index (χ2n) is 4.32. The zero-order valence-corrected chi connectivity index (χ0v) is 9.59. The normalized spacial score (nSPS) is 41.7. The molecule has 1 aliphatic heterocycles. The molecule has 0 aromatic rings. The Balaban J connectivity index is 2.08. The van der Waals surface area contributed by atoms with E-state index in [0.717, 1.165) is 12.8 Å². The molecule has 2 fully saturated rings. The maximum atomic E-state index is 11.5. The highest BCUT2D eigenvalue weighted by molar-refractivity contribution is 9.10. The fourth-order valence-electron chi connectivity index (χ4n) is 2.66. The maximum absolute atomic E-state index is 11.5. The molecule has 2 rings (SSSR count). The molecule has 74 valence electrons. The minimum absolute atomic E-state index is 0.120. The Morgan fingerprint density at radius 2 is 2.31 bits per heavy atom. The van der Waals surface area contributed by atoms with Gasteiger partial charge in [-0.15, -0.1) is 0 Å². The first kappa shape index (κ1) is 9.66. The average Bonchev–Trinajstić information content (AvgIpc) is 2.09. The number of carbonyl (C=O) groups is 1. The van der Waals surface area contributed by atoms with Crippen LogP contribution >= 0.6 is 15.9 Å². The van der Waals surface area contributed by atoms with Crippen LogP contribution < -0.4 is 0 Å². The number of likely N-dealkylation sites (tertiary alicyclic amines) is 1. The highest BCUT2D eigenvalue weighted by Gasteiger charge is 2.38. The van der Waals surface area contributed by atoms with Crippen molar-refractivity contribution in [1.29, 1.82) is 0 Å². The molecule has 0 aromatic carbocycles. The number of carbonyl (C=O) groups excluding carboxylic acids is 1. The van der Waals surface area contributed by atoms with E-state index in [4.69, 9.17) is 0 Å². The Morgan fingerprint density at radius 3 is 3.08 bits per heavy atom. The van der Waals surface area contributed by atoms with Gasteiger partial charge in [0.2, 0.25) is 0 Å². The van der Waals surface area contributed by atoms with E-state index in [1.54, 1.807) is 0 Å². The summed E-state index contributed by atoms with van der Waals surface area (Å²) in [4.78, 5) is 14.0. The second kappa shape index (κ2) is 3.70. The lowest BCUT2D eigenvalue weighted by atomic mass is 9.78. The van der Waals surface area contributed by atoms with Gasteiger partial charge in [-0.05, 0) is 38.8 Å². The monoisotopic (exact) mass is 245 g/mol. The number of Topliss-reactive ketones (excluding diaryl/α,β-unsaturated/α-hetero) is 1. The average molecular weight is 246 g/mol. The molecule has 1 saturated heterocycles. The molecule has 0 bridgehead atoms. The quantitative estimate of drug-likeness (QED) is 0.608. The first-order valence-electron chi connectivity index (χ1n) is 5.05. The summed E-state index contributed by atoms with van der Waals surface area (Å²) < 4.78 is 0. The Hall–Kier alpha value is 0.110. The molecule has 0 spiro atoms. The Kier molecular flexibility index (Phi) is 2.75. The van der Waals surface area contributed by atoms with Crippen molar-refractivity contribution in [3.63, 3.8) is 0 Å². The fraction of sp³-hybridized carbons (Fsp3) is 0.900. The van der Waals surface area contributed by atoms with E-state index in [0.29, 0.717) is 17.7 Å². The topological polar surface area (TPSA) is 20.3 Å². The number of hydrogen-bond acceptors (Lipinski definition) is 2. The lowest BCUT2D eigenvalue weighted by molar-refractivity contribution is -0.123. The van der Waals surface area contributed by atoms with Crippen LogP contribution in [0.25, 0.3) is 0 Å². The van der Waals surface area contributed by atoms with E-state index in [9.17, 15) is 4.79 Å². The lowest BCUT2D eigenvalue weighted by Gasteiger charge is -2.43. The number of alkyl halides is 1. The van der Waals surface area contributed by atoms with E-state index in [2.05, 4.69) is 27.9 Å². The van der Waals surface area contributed by atoms with Gasteiger partial charge in [-0.2, -0.15) is 0 Å². The van der Waals surface area contributed by atoms with Crippen molar-refractivity contribution in [1.82, 2.24) is 4.90 Å². The van der Waals surface area contributed by atoms with E-state index in [1.165, 1.54) is 19.4 Å². The third-order valence-corrected chi connectivity index (χ3v) is 4.34. The first-order valence-corrected chi connectivity index (χ1v) is 5.97. The molecular weight excluding hydrogens is 230 g/mol. The standard InChI is InChI=1S/C10H16BrNO/c1-12-4-2-3-7-5-10(13)8(11)6-9(7)12/h7-9H,2-6H2,1H3/t7-,8?,9-/m0/s1. The summed E-state index contributed by atoms with van der Waals surface area (Å²) in [5, 5.41) is 0. The Labute approximate surface area is 87.8 Å². The molecule has 1 unspecified atom stereocenters. The first-order chi connectivity index (χ1) is 6.18. The van der Waals surface area contributed by atoms with Gasteiger partial charge in [0.1, 0.15) is 5.78 Å². The third-order valence-electron chi connectivity index (χ3n) is 3.46. The summed E-state index contributed by atoms with van der Waals surface area (Å²) in [5.74, 6) is 1.05. The van der Waals surface area contributed by atoms with Crippen LogP contribution in [-0.4, -0.2) is 35.1 Å². The third kappa shape index (κ3) is 1.82. The van der Waals surface area contributed by atoms with Gasteiger partial charge >= 0.3 is 0 Å². The largest absolute Gasteiger partial charge is 0.303 e. The van der Waals surface area contributed by atoms with Crippen LogP contribution in [0.3, 0.4) is 0 Å². The van der Waals surface area contributed by atoms with Gasteiger partial charge in [-0.25, -0.2) is 0 Å². The van der Waals surface area contributed by atoms with Crippen molar-refractivity contribution in [3.8, 4) is 0 Å². The number of nitrogens with zero attached hydrogens (tertiary/aromatic N) is 1. The summed E-state index contributed by atoms with van der Waals surface area (Å²) >= 11 is 3.47. The molecule has 0 aromatic heterocycles. The van der Waals surface area contributed by atoms with Crippen LogP contribution in [0.5, 0.6) is 0 Å². The summed E-state index contributed by atoms with van der Waals surface area (Å²) in [6.07, 6.45) is 4.32. The molecule has 3 heteroatoms. The summed E-state index contributed by atoms with van der Waals surface area (Å²) in [6, 6.07) is 0.649. The summed E-state index contributed by atoms with van der Waals surface area (Å²) in [7, 11) is 2.19. The highest BCUT2D eigenvalue weighted by atomic mass is 79.9. The molecule has 13 heavy (non-hydrogen) atoms. The van der Waals surface area contributed by atoms with Crippen LogP contribution in [0.4, 0.5) is 0 Å². The van der Waals surface area contributed by atoms with Crippen LogP contribution in [-0.2, 0) is 4.79 Å². The van der Waals surface area contributed by atoms with E-state index >= 15 is 0 Å². The van der Waals surface area contributed by atoms with Crippen molar-refractivity contribution in [2.24, 2.45) is 5.92 Å². The summed E-state index contributed by atoms with van der Waals surface area (Å²) in [6.45, 7) is 1.20. The van der Waals surface area contributed by atoms with Crippen LogP contribution in [0.15, 0.2) is 0 Å². The minimum Gasteiger partial charge on any atom is -0.303 e. The SMILES string of the molecule is CN1CCC[C@H]2CC(=O)C(Br)C[C@@H]21. The van der Waals surface area contributed by atoms with Crippen molar-refractivity contribution < 1.29 is 4.79 Å². The molecular formula is C10H16BrNO. The lowest BCUT2D eigenvalue weighted by Crippen LogP contribution is -2.49. The Morgan fingerprint density at radius 1 is 1.54 bits per heavy atom. The van der Waals surface area contributed by atoms with Crippen LogP contribution in [0.1, 0.15) is 25.7 Å². The highest BCUT2D eigenvalue weighted by Crippen LogP contribution is 2.35. The fourth-order valence-corrected chi connectivity index (χ4v) is 3.23. The van der Waals surface area contributed by atoms with Gasteiger partial charge in [0.15, 0.2) is 0 Å². The molecule has 1 heterocycles. The van der Waals surface area contributed by atoms with Gasteiger partial charge in [-0.3, -0.25) is 4.79 Å².